The van der Waals surface area contributed by atoms with E-state index >= 15 is 0 Å². The molecule has 1 amide bonds. The lowest BCUT2D eigenvalue weighted by molar-refractivity contribution is -0.126. The van der Waals surface area contributed by atoms with Crippen molar-refractivity contribution in [1.29, 1.82) is 5.26 Å². The van der Waals surface area contributed by atoms with Crippen molar-refractivity contribution in [2.24, 2.45) is 11.1 Å². The number of hydrogen-bond acceptors (Lipinski definition) is 3. The van der Waals surface area contributed by atoms with Crippen LogP contribution in [0, 0.1) is 16.7 Å². The minimum Gasteiger partial charge on any atom is -0.376 e. The summed E-state index contributed by atoms with van der Waals surface area (Å²) in [7, 11) is 0. The molecule has 4 nitrogen and oxygen atoms in total. The lowest BCUT2D eigenvalue weighted by atomic mass is 9.83. The van der Waals surface area contributed by atoms with Gasteiger partial charge in [-0.3, -0.25) is 4.79 Å². The molecule has 3 N–H and O–H groups in total. The average molecular weight is 199 g/mol. The maximum absolute atomic E-state index is 11.5. The zero-order valence-corrected chi connectivity index (χ0v) is 8.57. The van der Waals surface area contributed by atoms with Gasteiger partial charge >= 0.3 is 0 Å². The molecule has 5 heteroatoms. The molecule has 0 radical (unpaired) electrons. The highest BCUT2D eigenvalue weighted by atomic mass is 32.1. The minimum absolute atomic E-state index is 0.0912. The Morgan fingerprint density at radius 3 is 2.31 bits per heavy atom. The minimum atomic E-state index is -0.997. The van der Waals surface area contributed by atoms with Gasteiger partial charge in [0, 0.05) is 0 Å². The number of nitrogens with one attached hydrogen (secondary N) is 1. The van der Waals surface area contributed by atoms with Gasteiger partial charge in [0.05, 0.1) is 6.07 Å². The second-order valence-electron chi connectivity index (χ2n) is 2.72. The van der Waals surface area contributed by atoms with Gasteiger partial charge in [-0.25, -0.2) is 0 Å². The molecule has 0 fully saturated rings. The van der Waals surface area contributed by atoms with Crippen LogP contribution in [0.25, 0.3) is 0 Å². The van der Waals surface area contributed by atoms with Crippen LogP contribution in [0.3, 0.4) is 0 Å². The predicted octanol–water partition coefficient (Wildman–Crippen LogP) is 0.676. The molecule has 0 aromatic heterocycles. The first kappa shape index (κ1) is 11.8. The van der Waals surface area contributed by atoms with E-state index < -0.39 is 11.3 Å². The number of hydrogen-bond donors (Lipinski definition) is 2. The first-order valence-corrected chi connectivity index (χ1v) is 4.45. The molecule has 0 heterocycles. The van der Waals surface area contributed by atoms with E-state index in [4.69, 9.17) is 11.0 Å². The summed E-state index contributed by atoms with van der Waals surface area (Å²) in [5.74, 6) is -0.410. The van der Waals surface area contributed by atoms with Crippen LogP contribution in [0.1, 0.15) is 26.7 Å². The fourth-order valence-corrected chi connectivity index (χ4v) is 1.10. The molecule has 0 aliphatic rings. The van der Waals surface area contributed by atoms with Crippen molar-refractivity contribution in [2.75, 3.05) is 0 Å². The van der Waals surface area contributed by atoms with E-state index in [1.54, 1.807) is 13.8 Å². The van der Waals surface area contributed by atoms with E-state index in [1.807, 2.05) is 6.07 Å². The van der Waals surface area contributed by atoms with E-state index in [0.29, 0.717) is 12.8 Å². The van der Waals surface area contributed by atoms with Crippen molar-refractivity contribution in [3.63, 3.8) is 0 Å². The third kappa shape index (κ3) is 2.67. The SMILES string of the molecule is CCC(C#N)(CC)C(=O)NC(N)=S. The third-order valence-corrected chi connectivity index (χ3v) is 2.19. The van der Waals surface area contributed by atoms with Crippen LogP contribution in [0.2, 0.25) is 0 Å². The summed E-state index contributed by atoms with van der Waals surface area (Å²) in [6.45, 7) is 3.57. The van der Waals surface area contributed by atoms with Crippen molar-refractivity contribution < 1.29 is 4.79 Å². The maximum atomic E-state index is 11.5. The molecule has 0 saturated heterocycles. The zero-order chi connectivity index (χ0) is 10.5. The Balaban J connectivity index is 4.67. The van der Waals surface area contributed by atoms with Crippen LogP contribution in [0.15, 0.2) is 0 Å². The summed E-state index contributed by atoms with van der Waals surface area (Å²) in [5.41, 5.74) is 4.15. The number of nitrogens with two attached hydrogens (primary N) is 1. The maximum Gasteiger partial charge on any atom is 0.246 e. The molecule has 0 bridgehead atoms. The van der Waals surface area contributed by atoms with Crippen molar-refractivity contribution >= 4 is 23.2 Å². The summed E-state index contributed by atoms with van der Waals surface area (Å²) in [6, 6.07) is 1.99. The van der Waals surface area contributed by atoms with Crippen molar-refractivity contribution in [1.82, 2.24) is 5.32 Å². The Labute approximate surface area is 83.1 Å². The molecular formula is C8H13N3OS. The third-order valence-electron chi connectivity index (χ3n) is 2.09. The fraction of sp³-hybridized carbons (Fsp3) is 0.625. The number of carbonyl (C=O) groups is 1. The molecule has 13 heavy (non-hydrogen) atoms. The van der Waals surface area contributed by atoms with Crippen LogP contribution < -0.4 is 11.1 Å². The summed E-state index contributed by atoms with van der Waals surface area (Å²) < 4.78 is 0. The van der Waals surface area contributed by atoms with Crippen molar-refractivity contribution in [3.8, 4) is 6.07 Å². The van der Waals surface area contributed by atoms with Gasteiger partial charge in [-0.1, -0.05) is 13.8 Å². The second kappa shape index (κ2) is 4.77. The first-order valence-electron chi connectivity index (χ1n) is 4.04. The van der Waals surface area contributed by atoms with E-state index in [-0.39, 0.29) is 5.11 Å². The highest BCUT2D eigenvalue weighted by Gasteiger charge is 2.35. The number of amides is 1. The molecule has 0 aliphatic heterocycles. The van der Waals surface area contributed by atoms with Gasteiger partial charge in [0.25, 0.3) is 0 Å². The van der Waals surface area contributed by atoms with Gasteiger partial charge in [0.1, 0.15) is 5.41 Å². The Hall–Kier alpha value is -1.15. The number of nitrogens with zero attached hydrogens (tertiary/aromatic N) is 1. The largest absolute Gasteiger partial charge is 0.376 e. The van der Waals surface area contributed by atoms with Crippen LogP contribution >= 0.6 is 12.2 Å². The fourth-order valence-electron chi connectivity index (χ4n) is 1.01. The van der Waals surface area contributed by atoms with Gasteiger partial charge in [-0.2, -0.15) is 5.26 Å². The van der Waals surface area contributed by atoms with E-state index in [2.05, 4.69) is 17.5 Å². The lowest BCUT2D eigenvalue weighted by Gasteiger charge is -2.21. The number of carbonyl (C=O) groups excluding carboxylic acids is 1. The van der Waals surface area contributed by atoms with Gasteiger partial charge in [0.15, 0.2) is 5.11 Å². The molecule has 72 valence electrons. The number of nitriles is 1. The quantitative estimate of drug-likeness (QED) is 0.655. The molecule has 0 aromatic carbocycles. The summed E-state index contributed by atoms with van der Waals surface area (Å²) >= 11 is 4.52. The molecule has 0 unspecified atom stereocenters. The summed E-state index contributed by atoms with van der Waals surface area (Å²) in [4.78, 5) is 11.5. The Morgan fingerprint density at radius 2 is 2.08 bits per heavy atom. The van der Waals surface area contributed by atoms with Crippen molar-refractivity contribution in [3.05, 3.63) is 0 Å². The Morgan fingerprint density at radius 1 is 1.62 bits per heavy atom. The summed E-state index contributed by atoms with van der Waals surface area (Å²) in [5, 5.41) is 11.1. The van der Waals surface area contributed by atoms with Gasteiger partial charge < -0.3 is 11.1 Å². The Kier molecular flexibility index (Phi) is 4.35. The summed E-state index contributed by atoms with van der Waals surface area (Å²) in [6.07, 6.45) is 0.906. The average Bonchev–Trinajstić information content (AvgIpc) is 2.07. The topological polar surface area (TPSA) is 78.9 Å². The zero-order valence-electron chi connectivity index (χ0n) is 7.76. The van der Waals surface area contributed by atoms with Crippen LogP contribution in [-0.2, 0) is 4.79 Å². The Bertz CT molecular complexity index is 253. The number of rotatable bonds is 3. The molecule has 0 spiro atoms. The van der Waals surface area contributed by atoms with Gasteiger partial charge in [0.2, 0.25) is 5.91 Å². The highest BCUT2D eigenvalue weighted by Crippen LogP contribution is 2.25. The normalized spacial score (nSPS) is 10.2. The van der Waals surface area contributed by atoms with Crippen LogP contribution in [-0.4, -0.2) is 11.0 Å². The first-order chi connectivity index (χ1) is 6.02. The molecule has 0 atom stereocenters. The monoisotopic (exact) mass is 199 g/mol. The second-order valence-corrected chi connectivity index (χ2v) is 3.16. The van der Waals surface area contributed by atoms with Crippen LogP contribution in [0.5, 0.6) is 0 Å². The van der Waals surface area contributed by atoms with E-state index in [0.717, 1.165) is 0 Å². The highest BCUT2D eigenvalue weighted by molar-refractivity contribution is 7.80. The lowest BCUT2D eigenvalue weighted by Crippen LogP contribution is -2.44. The molecule has 0 saturated carbocycles. The molecule has 0 aliphatic carbocycles. The molecule has 0 aromatic rings. The van der Waals surface area contributed by atoms with Gasteiger partial charge in [-0.15, -0.1) is 0 Å². The predicted molar refractivity (Wildman–Crippen MR) is 53.6 cm³/mol. The van der Waals surface area contributed by atoms with Crippen LogP contribution in [0.4, 0.5) is 0 Å². The smallest absolute Gasteiger partial charge is 0.246 e. The molecular weight excluding hydrogens is 186 g/mol. The van der Waals surface area contributed by atoms with E-state index in [1.165, 1.54) is 0 Å². The standard InChI is InChI=1S/C8H13N3OS/c1-3-8(4-2,5-9)6(12)11-7(10)13/h3-4H2,1-2H3,(H3,10,11,12,13). The van der Waals surface area contributed by atoms with Crippen molar-refractivity contribution in [2.45, 2.75) is 26.7 Å². The van der Waals surface area contributed by atoms with Gasteiger partial charge in [-0.05, 0) is 25.1 Å². The van der Waals surface area contributed by atoms with E-state index in [9.17, 15) is 4.79 Å². The molecule has 0 rings (SSSR count). The number of thiocarbonyl (C=S) groups is 1.